The number of carbonyl (C=O) groups excluding carboxylic acids is 2. The lowest BCUT2D eigenvalue weighted by atomic mass is 10.1. The second-order valence-electron chi connectivity index (χ2n) is 5.82. The SMILES string of the molecule is CCOC(=O)/C=C/c1cc(CC(=O)Oc2cc(OC)ccc2C#N)cc(OC)c1. The molecule has 0 spiro atoms. The average molecular weight is 395 g/mol. The first kappa shape index (κ1) is 21.5. The van der Waals surface area contributed by atoms with Crippen molar-refractivity contribution in [3.63, 3.8) is 0 Å². The minimum atomic E-state index is -0.552. The molecule has 0 heterocycles. The molecule has 2 rings (SSSR count). The number of hydrogen-bond donors (Lipinski definition) is 0. The van der Waals surface area contributed by atoms with Crippen LogP contribution in [0, 0.1) is 11.3 Å². The molecule has 0 radical (unpaired) electrons. The van der Waals surface area contributed by atoms with Gasteiger partial charge in [0.15, 0.2) is 5.75 Å². The monoisotopic (exact) mass is 395 g/mol. The van der Waals surface area contributed by atoms with Gasteiger partial charge in [-0.3, -0.25) is 4.79 Å². The molecule has 150 valence electrons. The third kappa shape index (κ3) is 6.40. The number of nitriles is 1. The van der Waals surface area contributed by atoms with Gasteiger partial charge in [0.2, 0.25) is 0 Å². The van der Waals surface area contributed by atoms with Gasteiger partial charge in [0.05, 0.1) is 32.8 Å². The van der Waals surface area contributed by atoms with Gasteiger partial charge >= 0.3 is 11.9 Å². The van der Waals surface area contributed by atoms with Crippen LogP contribution in [0.25, 0.3) is 6.08 Å². The molecule has 0 unspecified atom stereocenters. The van der Waals surface area contributed by atoms with Gasteiger partial charge in [-0.25, -0.2) is 4.79 Å². The zero-order valence-electron chi connectivity index (χ0n) is 16.4. The largest absolute Gasteiger partial charge is 0.497 e. The highest BCUT2D eigenvalue weighted by Gasteiger charge is 2.13. The van der Waals surface area contributed by atoms with Crippen molar-refractivity contribution in [1.29, 1.82) is 5.26 Å². The van der Waals surface area contributed by atoms with Gasteiger partial charge in [-0.05, 0) is 48.4 Å². The Balaban J connectivity index is 2.19. The van der Waals surface area contributed by atoms with E-state index >= 15 is 0 Å². The summed E-state index contributed by atoms with van der Waals surface area (Å²) in [5, 5.41) is 9.19. The van der Waals surface area contributed by atoms with E-state index in [0.29, 0.717) is 22.6 Å². The normalized spacial score (nSPS) is 10.3. The predicted molar refractivity (Wildman–Crippen MR) is 106 cm³/mol. The van der Waals surface area contributed by atoms with E-state index in [4.69, 9.17) is 18.9 Å². The Kier molecular flexibility index (Phi) is 7.80. The fraction of sp³-hybridized carbons (Fsp3) is 0.227. The van der Waals surface area contributed by atoms with Crippen LogP contribution < -0.4 is 14.2 Å². The number of carbonyl (C=O) groups is 2. The summed E-state index contributed by atoms with van der Waals surface area (Å²) in [7, 11) is 2.99. The van der Waals surface area contributed by atoms with E-state index in [2.05, 4.69) is 0 Å². The van der Waals surface area contributed by atoms with E-state index in [0.717, 1.165) is 0 Å². The maximum Gasteiger partial charge on any atom is 0.330 e. The van der Waals surface area contributed by atoms with Crippen LogP contribution in [0.1, 0.15) is 23.6 Å². The van der Waals surface area contributed by atoms with Crippen LogP contribution in [0.2, 0.25) is 0 Å². The molecule has 2 aromatic carbocycles. The Morgan fingerprint density at radius 2 is 1.83 bits per heavy atom. The van der Waals surface area contributed by atoms with Gasteiger partial charge in [0.1, 0.15) is 17.6 Å². The molecule has 0 N–H and O–H groups in total. The van der Waals surface area contributed by atoms with Crippen LogP contribution in [0.4, 0.5) is 0 Å². The molecule has 7 nitrogen and oxygen atoms in total. The summed E-state index contributed by atoms with van der Waals surface area (Å²) < 4.78 is 20.6. The highest BCUT2D eigenvalue weighted by Crippen LogP contribution is 2.25. The zero-order chi connectivity index (χ0) is 21.2. The number of hydrogen-bond acceptors (Lipinski definition) is 7. The first-order valence-electron chi connectivity index (χ1n) is 8.80. The van der Waals surface area contributed by atoms with E-state index in [1.165, 1.54) is 32.4 Å². The summed E-state index contributed by atoms with van der Waals surface area (Å²) in [4.78, 5) is 23.9. The fourth-order valence-electron chi connectivity index (χ4n) is 2.49. The van der Waals surface area contributed by atoms with Crippen molar-refractivity contribution in [2.75, 3.05) is 20.8 Å². The van der Waals surface area contributed by atoms with Crippen molar-refractivity contribution in [3.05, 3.63) is 59.2 Å². The Morgan fingerprint density at radius 1 is 1.07 bits per heavy atom. The maximum atomic E-state index is 12.4. The molecule has 0 aliphatic carbocycles. The van der Waals surface area contributed by atoms with Crippen molar-refractivity contribution in [2.45, 2.75) is 13.3 Å². The smallest absolute Gasteiger partial charge is 0.330 e. The van der Waals surface area contributed by atoms with Crippen molar-refractivity contribution in [3.8, 4) is 23.3 Å². The molecule has 0 aromatic heterocycles. The zero-order valence-corrected chi connectivity index (χ0v) is 16.4. The van der Waals surface area contributed by atoms with Crippen molar-refractivity contribution in [1.82, 2.24) is 0 Å². The molecule has 0 saturated carbocycles. The Morgan fingerprint density at radius 3 is 2.48 bits per heavy atom. The van der Waals surface area contributed by atoms with Crippen LogP contribution in [0.5, 0.6) is 17.2 Å². The first-order chi connectivity index (χ1) is 14.0. The van der Waals surface area contributed by atoms with E-state index < -0.39 is 11.9 Å². The Bertz CT molecular complexity index is 958. The standard InChI is InChI=1S/C22H21NO6/c1-4-28-21(24)8-5-15-9-16(11-19(10-15)27-3)12-22(25)29-20-13-18(26-2)7-6-17(20)14-23/h5-11,13H,4,12H2,1-3H3/b8-5+. The highest BCUT2D eigenvalue weighted by molar-refractivity contribution is 5.87. The van der Waals surface area contributed by atoms with Gasteiger partial charge < -0.3 is 18.9 Å². The number of ether oxygens (including phenoxy) is 4. The van der Waals surface area contributed by atoms with E-state index in [9.17, 15) is 14.9 Å². The van der Waals surface area contributed by atoms with Crippen molar-refractivity contribution >= 4 is 18.0 Å². The number of rotatable bonds is 8. The van der Waals surface area contributed by atoms with Gasteiger partial charge in [-0.1, -0.05) is 6.07 Å². The third-order valence-corrected chi connectivity index (χ3v) is 3.80. The van der Waals surface area contributed by atoms with Crippen molar-refractivity contribution in [2.24, 2.45) is 0 Å². The number of nitrogens with zero attached hydrogens (tertiary/aromatic N) is 1. The fourth-order valence-corrected chi connectivity index (χ4v) is 2.49. The van der Waals surface area contributed by atoms with Crippen LogP contribution >= 0.6 is 0 Å². The molecular weight excluding hydrogens is 374 g/mol. The highest BCUT2D eigenvalue weighted by atomic mass is 16.5. The van der Waals surface area contributed by atoms with Crippen LogP contribution in [0.15, 0.2) is 42.5 Å². The molecule has 0 atom stereocenters. The minimum Gasteiger partial charge on any atom is -0.497 e. The van der Waals surface area contributed by atoms with E-state index in [-0.39, 0.29) is 24.3 Å². The summed E-state index contributed by atoms with van der Waals surface area (Å²) >= 11 is 0. The number of esters is 2. The Labute approximate surface area is 169 Å². The second kappa shape index (κ2) is 10.5. The third-order valence-electron chi connectivity index (χ3n) is 3.80. The summed E-state index contributed by atoms with van der Waals surface area (Å²) in [6, 6.07) is 11.7. The van der Waals surface area contributed by atoms with E-state index in [1.807, 2.05) is 6.07 Å². The lowest BCUT2D eigenvalue weighted by molar-refractivity contribution is -0.137. The Hall–Kier alpha value is -3.79. The molecule has 2 aromatic rings. The number of methoxy groups -OCH3 is 2. The first-order valence-corrected chi connectivity index (χ1v) is 8.80. The topological polar surface area (TPSA) is 94.9 Å². The molecule has 29 heavy (non-hydrogen) atoms. The van der Waals surface area contributed by atoms with Crippen LogP contribution in [0.3, 0.4) is 0 Å². The molecule has 0 saturated heterocycles. The van der Waals surface area contributed by atoms with Gasteiger partial charge in [-0.15, -0.1) is 0 Å². The molecule has 0 aliphatic rings. The average Bonchev–Trinajstić information content (AvgIpc) is 2.72. The quantitative estimate of drug-likeness (QED) is 0.384. The van der Waals surface area contributed by atoms with Crippen LogP contribution in [-0.2, 0) is 20.7 Å². The lowest BCUT2D eigenvalue weighted by Gasteiger charge is -2.09. The van der Waals surface area contributed by atoms with E-state index in [1.54, 1.807) is 37.3 Å². The number of benzene rings is 2. The van der Waals surface area contributed by atoms with Gasteiger partial charge in [0, 0.05) is 12.1 Å². The van der Waals surface area contributed by atoms with Crippen molar-refractivity contribution < 1.29 is 28.5 Å². The van der Waals surface area contributed by atoms with Gasteiger partial charge in [0.25, 0.3) is 0 Å². The molecule has 0 aliphatic heterocycles. The molecule has 0 amide bonds. The summed E-state index contributed by atoms with van der Waals surface area (Å²) in [5.41, 5.74) is 1.52. The second-order valence-corrected chi connectivity index (χ2v) is 5.82. The minimum absolute atomic E-state index is 0.0560. The maximum absolute atomic E-state index is 12.4. The molecule has 0 bridgehead atoms. The molecule has 0 fully saturated rings. The summed E-state index contributed by atoms with van der Waals surface area (Å²) in [6.07, 6.45) is 2.82. The van der Waals surface area contributed by atoms with Crippen LogP contribution in [-0.4, -0.2) is 32.8 Å². The predicted octanol–water partition coefficient (Wildman–Crippen LogP) is 3.30. The van der Waals surface area contributed by atoms with Gasteiger partial charge in [-0.2, -0.15) is 5.26 Å². The molecule has 7 heteroatoms. The summed E-state index contributed by atoms with van der Waals surface area (Å²) in [5.74, 6) is 0.112. The molecular formula is C22H21NO6. The summed E-state index contributed by atoms with van der Waals surface area (Å²) in [6.45, 7) is 2.01. The lowest BCUT2D eigenvalue weighted by Crippen LogP contribution is -2.12.